The average molecular weight is 1220 g/mol. The highest BCUT2D eigenvalue weighted by molar-refractivity contribution is 6.76. The lowest BCUT2D eigenvalue weighted by Crippen LogP contribution is -2.67. The van der Waals surface area contributed by atoms with Crippen molar-refractivity contribution in [3.8, 4) is 0 Å². The monoisotopic (exact) mass is 1210 g/mol. The van der Waals surface area contributed by atoms with E-state index in [4.69, 9.17) is 92.3 Å². The third-order valence-corrected chi connectivity index (χ3v) is 13.5. The Morgan fingerprint density at radius 3 is 0.894 bits per heavy atom. The van der Waals surface area contributed by atoms with E-state index in [2.05, 4.69) is 0 Å². The summed E-state index contributed by atoms with van der Waals surface area (Å²) < 4.78 is 66.3. The molecule has 0 spiro atoms. The summed E-state index contributed by atoms with van der Waals surface area (Å²) in [6.45, 7) is -1.64. The van der Waals surface area contributed by atoms with Gasteiger partial charge in [0, 0.05) is 0 Å². The Labute approximate surface area is 500 Å². The second-order valence-electron chi connectivity index (χ2n) is 18.7. The van der Waals surface area contributed by atoms with Crippen LogP contribution in [0, 0.1) is 5.41 Å². The molecule has 1 N–H and O–H groups in total. The number of benzene rings is 7. The van der Waals surface area contributed by atoms with Crippen molar-refractivity contribution >= 4 is 82.5 Å². The zero-order valence-electron chi connectivity index (χ0n) is 44.4. The number of carbonyl (C=O) groups excluding carboxylic acids is 7. The second kappa shape index (κ2) is 28.6. The summed E-state index contributed by atoms with van der Waals surface area (Å²) in [4.78, 5) is 100. The molecule has 0 radical (unpaired) electrons. The number of ether oxygens (including phenoxy) is 11. The van der Waals surface area contributed by atoms with Crippen LogP contribution in [0.4, 0.5) is 0 Å². The van der Waals surface area contributed by atoms with E-state index in [0.29, 0.717) is 0 Å². The van der Waals surface area contributed by atoms with Gasteiger partial charge >= 0.3 is 41.8 Å². The molecule has 10 atom stereocenters. The molecule has 85 heavy (non-hydrogen) atoms. The summed E-state index contributed by atoms with van der Waals surface area (Å²) in [5.74, 6) is -8.13. The Bertz CT molecular complexity index is 3420. The molecule has 0 aromatic heterocycles. The molecule has 7 aromatic rings. The first kappa shape index (κ1) is 60.6. The fraction of sp³-hybridized carbons (Fsp3) is 0.206. The number of nitrogens with one attached hydrogen (secondary N) is 1. The van der Waals surface area contributed by atoms with Gasteiger partial charge in [-0.3, -0.25) is 5.41 Å². The van der Waals surface area contributed by atoms with Crippen LogP contribution >= 0.6 is 34.8 Å². The Hall–Kier alpha value is -8.95. The molecule has 436 valence electrons. The summed E-state index contributed by atoms with van der Waals surface area (Å²) >= 11 is 18.5. The third kappa shape index (κ3) is 15.8. The van der Waals surface area contributed by atoms with Crippen molar-refractivity contribution in [2.75, 3.05) is 13.2 Å². The predicted molar refractivity (Wildman–Crippen MR) is 303 cm³/mol. The van der Waals surface area contributed by atoms with Gasteiger partial charge in [-0.1, -0.05) is 162 Å². The zero-order valence-corrected chi connectivity index (χ0v) is 46.6. The minimum atomic E-state index is -2.59. The van der Waals surface area contributed by atoms with Gasteiger partial charge in [-0.2, -0.15) is 0 Å². The maximum atomic E-state index is 14.6. The van der Waals surface area contributed by atoms with Crippen molar-refractivity contribution in [1.29, 1.82) is 5.41 Å². The highest BCUT2D eigenvalue weighted by atomic mass is 35.6. The SMILES string of the molecule is N=C(O[C@H]1O[C@H](COC(=O)c2ccccc2)[C@@H](O[C@@H]2O[C@H](COC(=O)c3ccccc3)[C@H](OC(=O)c3ccccc3)[C@H](OC(=O)c3ccccc3)[C@H]2OC(=O)c2ccccc2)[C@H](OC(=O)c2ccccc2)[C@@H]1OC(=O)c1ccccc1)C(Cl)(Cl)Cl. The van der Waals surface area contributed by atoms with Crippen LogP contribution in [-0.2, 0) is 52.1 Å². The number of hydrogen-bond donors (Lipinski definition) is 1. The highest BCUT2D eigenvalue weighted by Gasteiger charge is 2.59. The molecule has 2 saturated heterocycles. The van der Waals surface area contributed by atoms with Crippen molar-refractivity contribution in [3.05, 3.63) is 251 Å². The topological polar surface area (TPSA) is 245 Å². The first-order valence-corrected chi connectivity index (χ1v) is 27.3. The Morgan fingerprint density at radius 2 is 0.576 bits per heavy atom. The zero-order chi connectivity index (χ0) is 59.9. The quantitative estimate of drug-likeness (QED) is 0.0260. The molecule has 2 aliphatic heterocycles. The number of hydrogen-bond acceptors (Lipinski definition) is 19. The van der Waals surface area contributed by atoms with Crippen LogP contribution in [0.1, 0.15) is 72.5 Å². The molecule has 0 aliphatic carbocycles. The fourth-order valence-electron chi connectivity index (χ4n) is 8.85. The number of esters is 7. The number of rotatable bonds is 19. The van der Waals surface area contributed by atoms with Crippen LogP contribution in [0.2, 0.25) is 0 Å². The van der Waals surface area contributed by atoms with Crippen LogP contribution in [0.5, 0.6) is 0 Å². The number of halogens is 3. The molecular formula is C63H50Cl3NO18. The normalized spacial score (nSPS) is 21.8. The van der Waals surface area contributed by atoms with E-state index in [1.165, 1.54) is 109 Å². The minimum Gasteiger partial charge on any atom is -0.459 e. The lowest BCUT2D eigenvalue weighted by atomic mass is 9.95. The van der Waals surface area contributed by atoms with E-state index in [0.717, 1.165) is 0 Å². The lowest BCUT2D eigenvalue weighted by molar-refractivity contribution is -0.350. The van der Waals surface area contributed by atoms with Gasteiger partial charge in [0.2, 0.25) is 18.3 Å². The lowest BCUT2D eigenvalue weighted by Gasteiger charge is -2.48. The molecule has 0 saturated carbocycles. The molecule has 0 bridgehead atoms. The molecule has 9 rings (SSSR count). The van der Waals surface area contributed by atoms with Crippen molar-refractivity contribution < 1.29 is 85.7 Å². The van der Waals surface area contributed by atoms with E-state index in [1.54, 1.807) is 103 Å². The summed E-state index contributed by atoms with van der Waals surface area (Å²) in [6, 6.07) is 53.3. The fourth-order valence-corrected chi connectivity index (χ4v) is 8.99. The number of carbonyl (C=O) groups is 7. The summed E-state index contributed by atoms with van der Waals surface area (Å²) in [5, 5.41) is 8.69. The predicted octanol–water partition coefficient (Wildman–Crippen LogP) is 10.0. The first-order chi connectivity index (χ1) is 41.1. The van der Waals surface area contributed by atoms with Crippen LogP contribution in [-0.4, -0.2) is 126 Å². The first-order valence-electron chi connectivity index (χ1n) is 26.1. The van der Waals surface area contributed by atoms with Gasteiger partial charge in [-0.05, 0) is 84.9 Å². The van der Waals surface area contributed by atoms with Crippen LogP contribution in [0.3, 0.4) is 0 Å². The third-order valence-electron chi connectivity index (χ3n) is 13.0. The minimum absolute atomic E-state index is 0.0119. The van der Waals surface area contributed by atoms with E-state index in [1.807, 2.05) is 0 Å². The smallest absolute Gasteiger partial charge is 0.338 e. The van der Waals surface area contributed by atoms with Gasteiger partial charge in [0.1, 0.15) is 31.5 Å². The van der Waals surface area contributed by atoms with Crippen molar-refractivity contribution in [2.45, 2.75) is 65.2 Å². The van der Waals surface area contributed by atoms with E-state index < -0.39 is 126 Å². The summed E-state index contributed by atoms with van der Waals surface area (Å²) in [5.41, 5.74) is 0.00502. The van der Waals surface area contributed by atoms with E-state index >= 15 is 0 Å². The maximum Gasteiger partial charge on any atom is 0.338 e. The van der Waals surface area contributed by atoms with Gasteiger partial charge in [-0.15, -0.1) is 0 Å². The van der Waals surface area contributed by atoms with Crippen LogP contribution in [0.15, 0.2) is 212 Å². The largest absolute Gasteiger partial charge is 0.459 e. The summed E-state index contributed by atoms with van der Waals surface area (Å²) in [6.07, 6.45) is -19.8. The van der Waals surface area contributed by atoms with Crippen LogP contribution in [0.25, 0.3) is 0 Å². The Morgan fingerprint density at radius 1 is 0.329 bits per heavy atom. The second-order valence-corrected chi connectivity index (χ2v) is 21.0. The van der Waals surface area contributed by atoms with E-state index in [9.17, 15) is 33.6 Å². The van der Waals surface area contributed by atoms with Gasteiger partial charge in [0.15, 0.2) is 30.7 Å². The molecule has 2 heterocycles. The molecule has 0 amide bonds. The molecule has 2 fully saturated rings. The Balaban J connectivity index is 1.22. The van der Waals surface area contributed by atoms with Gasteiger partial charge in [0.25, 0.3) is 3.79 Å². The molecule has 7 aromatic carbocycles. The molecule has 19 nitrogen and oxygen atoms in total. The average Bonchev–Trinajstić information content (AvgIpc) is 1.60. The maximum absolute atomic E-state index is 14.6. The van der Waals surface area contributed by atoms with Gasteiger partial charge in [-0.25, -0.2) is 33.6 Å². The summed E-state index contributed by atoms with van der Waals surface area (Å²) in [7, 11) is 0. The van der Waals surface area contributed by atoms with Crippen molar-refractivity contribution in [3.63, 3.8) is 0 Å². The molecule has 22 heteroatoms. The standard InChI is InChI=1S/C63H50Cl3NO18/c64-63(65,66)62(67)85-61-52(83-59(74)44-34-20-7-21-35-44)50(81-57(72)42-30-16-5-17-31-42)48(46(78-61)37-76-54(69)39-24-10-2-11-25-39)84-60-51(82-58(73)43-32-18-6-19-33-43)49(80-56(71)41-28-14-4-15-29-41)47(79-55(70)40-26-12-3-13-27-40)45(77-60)36-75-53(68)38-22-8-1-9-23-38/h1-35,45-52,60-61,67H,36-37H2/t45-,46-,47+,48-,49+,50+,51-,52+,60+,61-/m1/s1. The molecular weight excluding hydrogens is 1170 g/mol. The van der Waals surface area contributed by atoms with Crippen molar-refractivity contribution in [1.82, 2.24) is 0 Å². The highest BCUT2D eigenvalue weighted by Crippen LogP contribution is 2.38. The number of alkyl halides is 3. The van der Waals surface area contributed by atoms with Crippen LogP contribution < -0.4 is 0 Å². The molecule has 2 aliphatic rings. The van der Waals surface area contributed by atoms with Gasteiger partial charge in [0.05, 0.1) is 38.9 Å². The van der Waals surface area contributed by atoms with Crippen molar-refractivity contribution in [2.24, 2.45) is 0 Å². The molecule has 0 unspecified atom stereocenters. The van der Waals surface area contributed by atoms with E-state index in [-0.39, 0.29) is 38.9 Å². The Kier molecular flexibility index (Phi) is 20.4. The van der Waals surface area contributed by atoms with Gasteiger partial charge < -0.3 is 52.1 Å².